The average molecular weight is 290 g/mol. The summed E-state index contributed by atoms with van der Waals surface area (Å²) in [6, 6.07) is 5.32. The molecule has 0 bridgehead atoms. The van der Waals surface area contributed by atoms with Gasteiger partial charge in [-0.25, -0.2) is 0 Å². The van der Waals surface area contributed by atoms with Crippen molar-refractivity contribution >= 4 is 29.2 Å². The molecular formula is C12H17Cl2N3O. The van der Waals surface area contributed by atoms with Gasteiger partial charge in [-0.2, -0.15) is 0 Å². The van der Waals surface area contributed by atoms with E-state index in [4.69, 9.17) is 33.7 Å². The van der Waals surface area contributed by atoms with Gasteiger partial charge in [0.15, 0.2) is 5.96 Å². The zero-order valence-corrected chi connectivity index (χ0v) is 11.9. The SMILES string of the molecule is COCCN=C(N)NC(C)c1ccc(Cl)cc1Cl. The smallest absolute Gasteiger partial charge is 0.189 e. The van der Waals surface area contributed by atoms with E-state index in [-0.39, 0.29) is 6.04 Å². The molecule has 0 aliphatic rings. The third kappa shape index (κ3) is 4.72. The highest BCUT2D eigenvalue weighted by Gasteiger charge is 2.10. The van der Waals surface area contributed by atoms with E-state index in [0.717, 1.165) is 5.56 Å². The molecule has 1 unspecified atom stereocenters. The molecule has 1 aromatic rings. The molecule has 1 atom stereocenters. The van der Waals surface area contributed by atoms with Crippen molar-refractivity contribution in [2.75, 3.05) is 20.3 Å². The second-order valence-corrected chi connectivity index (χ2v) is 4.64. The highest BCUT2D eigenvalue weighted by Crippen LogP contribution is 2.25. The molecule has 0 fully saturated rings. The molecule has 100 valence electrons. The summed E-state index contributed by atoms with van der Waals surface area (Å²) in [4.78, 5) is 4.12. The van der Waals surface area contributed by atoms with Crippen LogP contribution in [0.15, 0.2) is 23.2 Å². The number of rotatable bonds is 5. The summed E-state index contributed by atoms with van der Waals surface area (Å²) < 4.78 is 4.89. The van der Waals surface area contributed by atoms with E-state index in [9.17, 15) is 0 Å². The Bertz CT molecular complexity index is 424. The summed E-state index contributed by atoms with van der Waals surface area (Å²) in [7, 11) is 1.62. The highest BCUT2D eigenvalue weighted by molar-refractivity contribution is 6.35. The maximum Gasteiger partial charge on any atom is 0.189 e. The Hall–Kier alpha value is -0.970. The Morgan fingerprint density at radius 2 is 2.22 bits per heavy atom. The molecule has 6 heteroatoms. The predicted octanol–water partition coefficient (Wildman–Crippen LogP) is 2.61. The minimum atomic E-state index is -0.0407. The van der Waals surface area contributed by atoms with Crippen LogP contribution in [0.4, 0.5) is 0 Å². The fourth-order valence-corrected chi connectivity index (χ4v) is 2.03. The van der Waals surface area contributed by atoms with Gasteiger partial charge in [-0.05, 0) is 24.6 Å². The quantitative estimate of drug-likeness (QED) is 0.498. The van der Waals surface area contributed by atoms with Crippen molar-refractivity contribution in [3.05, 3.63) is 33.8 Å². The first-order valence-electron chi connectivity index (χ1n) is 5.55. The lowest BCUT2D eigenvalue weighted by Gasteiger charge is -2.16. The first-order chi connectivity index (χ1) is 8.54. The third-order valence-corrected chi connectivity index (χ3v) is 2.93. The molecule has 1 rings (SSSR count). The predicted molar refractivity (Wildman–Crippen MR) is 76.4 cm³/mol. The number of halogens is 2. The van der Waals surface area contributed by atoms with Crippen LogP contribution in [-0.2, 0) is 4.74 Å². The van der Waals surface area contributed by atoms with Crippen LogP contribution in [0.3, 0.4) is 0 Å². The molecular weight excluding hydrogens is 273 g/mol. The van der Waals surface area contributed by atoms with Crippen molar-refractivity contribution in [3.8, 4) is 0 Å². The molecule has 0 saturated carbocycles. The van der Waals surface area contributed by atoms with Crippen LogP contribution < -0.4 is 11.1 Å². The zero-order chi connectivity index (χ0) is 13.5. The molecule has 0 spiro atoms. The summed E-state index contributed by atoms with van der Waals surface area (Å²) in [6.45, 7) is 3.02. The van der Waals surface area contributed by atoms with Crippen LogP contribution in [0.2, 0.25) is 10.0 Å². The van der Waals surface area contributed by atoms with E-state index in [1.54, 1.807) is 19.2 Å². The molecule has 0 amide bonds. The van der Waals surface area contributed by atoms with Crippen LogP contribution in [0, 0.1) is 0 Å². The molecule has 0 aliphatic carbocycles. The lowest BCUT2D eigenvalue weighted by molar-refractivity contribution is 0.208. The van der Waals surface area contributed by atoms with Crippen molar-refractivity contribution < 1.29 is 4.74 Å². The topological polar surface area (TPSA) is 59.6 Å². The monoisotopic (exact) mass is 289 g/mol. The average Bonchev–Trinajstić information content (AvgIpc) is 2.28. The van der Waals surface area contributed by atoms with E-state index in [1.165, 1.54) is 0 Å². The number of nitrogens with one attached hydrogen (secondary N) is 1. The first-order valence-corrected chi connectivity index (χ1v) is 6.30. The first kappa shape index (κ1) is 15.1. The fraction of sp³-hybridized carbons (Fsp3) is 0.417. The van der Waals surface area contributed by atoms with Gasteiger partial charge in [0.1, 0.15) is 0 Å². The highest BCUT2D eigenvalue weighted by atomic mass is 35.5. The fourth-order valence-electron chi connectivity index (χ4n) is 1.46. The van der Waals surface area contributed by atoms with Gasteiger partial charge in [-0.3, -0.25) is 4.99 Å². The van der Waals surface area contributed by atoms with Crippen molar-refractivity contribution in [1.29, 1.82) is 0 Å². The number of nitrogens with zero attached hydrogens (tertiary/aromatic N) is 1. The van der Waals surface area contributed by atoms with Crippen molar-refractivity contribution in [2.24, 2.45) is 10.7 Å². The summed E-state index contributed by atoms with van der Waals surface area (Å²) in [6.07, 6.45) is 0. The van der Waals surface area contributed by atoms with Crippen LogP contribution >= 0.6 is 23.2 Å². The molecule has 3 N–H and O–H groups in total. The van der Waals surface area contributed by atoms with Crippen LogP contribution in [0.5, 0.6) is 0 Å². The molecule has 18 heavy (non-hydrogen) atoms. The van der Waals surface area contributed by atoms with Gasteiger partial charge in [0, 0.05) is 17.2 Å². The van der Waals surface area contributed by atoms with E-state index in [0.29, 0.717) is 29.2 Å². The number of hydrogen-bond donors (Lipinski definition) is 2. The Kier molecular flexibility index (Phi) is 6.25. The minimum Gasteiger partial charge on any atom is -0.383 e. The van der Waals surface area contributed by atoms with Gasteiger partial charge in [-0.1, -0.05) is 29.3 Å². The van der Waals surface area contributed by atoms with Gasteiger partial charge >= 0.3 is 0 Å². The largest absolute Gasteiger partial charge is 0.383 e. The lowest BCUT2D eigenvalue weighted by Crippen LogP contribution is -2.34. The number of benzene rings is 1. The molecule has 4 nitrogen and oxygen atoms in total. The zero-order valence-electron chi connectivity index (χ0n) is 10.4. The minimum absolute atomic E-state index is 0.0407. The Balaban J connectivity index is 2.64. The molecule has 0 heterocycles. The van der Waals surface area contributed by atoms with Crippen LogP contribution in [-0.4, -0.2) is 26.2 Å². The lowest BCUT2D eigenvalue weighted by atomic mass is 10.1. The summed E-state index contributed by atoms with van der Waals surface area (Å²) in [5, 5.41) is 4.27. The Labute approximate surface area is 117 Å². The van der Waals surface area contributed by atoms with Gasteiger partial charge in [0.2, 0.25) is 0 Å². The van der Waals surface area contributed by atoms with E-state index >= 15 is 0 Å². The Morgan fingerprint density at radius 1 is 1.50 bits per heavy atom. The number of guanidine groups is 1. The number of nitrogens with two attached hydrogens (primary N) is 1. The van der Waals surface area contributed by atoms with E-state index in [2.05, 4.69) is 10.3 Å². The Morgan fingerprint density at radius 3 is 2.83 bits per heavy atom. The number of methoxy groups -OCH3 is 1. The van der Waals surface area contributed by atoms with Gasteiger partial charge < -0.3 is 15.8 Å². The maximum absolute atomic E-state index is 6.11. The van der Waals surface area contributed by atoms with Crippen LogP contribution in [0.25, 0.3) is 0 Å². The van der Waals surface area contributed by atoms with Gasteiger partial charge in [0.05, 0.1) is 19.2 Å². The molecule has 1 aromatic carbocycles. The van der Waals surface area contributed by atoms with E-state index < -0.39 is 0 Å². The number of hydrogen-bond acceptors (Lipinski definition) is 2. The molecule has 0 radical (unpaired) electrons. The van der Waals surface area contributed by atoms with Crippen molar-refractivity contribution in [1.82, 2.24) is 5.32 Å². The van der Waals surface area contributed by atoms with Crippen molar-refractivity contribution in [2.45, 2.75) is 13.0 Å². The number of aliphatic imine (C=N–C) groups is 1. The normalized spacial score (nSPS) is 13.4. The van der Waals surface area contributed by atoms with E-state index in [1.807, 2.05) is 13.0 Å². The molecule has 0 aromatic heterocycles. The summed E-state index contributed by atoms with van der Waals surface area (Å²) in [5.41, 5.74) is 6.67. The second-order valence-electron chi connectivity index (χ2n) is 3.79. The van der Waals surface area contributed by atoms with Gasteiger partial charge in [0.25, 0.3) is 0 Å². The summed E-state index contributed by atoms with van der Waals surface area (Å²) in [5.74, 6) is 0.366. The number of ether oxygens (including phenoxy) is 1. The standard InChI is InChI=1S/C12H17Cl2N3O/c1-8(17-12(15)16-5-6-18-2)10-4-3-9(13)7-11(10)14/h3-4,7-8H,5-6H2,1-2H3,(H3,15,16,17). The molecule has 0 saturated heterocycles. The van der Waals surface area contributed by atoms with Crippen LogP contribution in [0.1, 0.15) is 18.5 Å². The maximum atomic E-state index is 6.11. The van der Waals surface area contributed by atoms with Crippen molar-refractivity contribution in [3.63, 3.8) is 0 Å². The summed E-state index contributed by atoms with van der Waals surface area (Å²) >= 11 is 12.0. The molecule has 0 aliphatic heterocycles. The third-order valence-electron chi connectivity index (χ3n) is 2.37. The van der Waals surface area contributed by atoms with Gasteiger partial charge in [-0.15, -0.1) is 0 Å². The second kappa shape index (κ2) is 7.46.